The van der Waals surface area contributed by atoms with E-state index in [-0.39, 0.29) is 11.4 Å². The third-order valence-corrected chi connectivity index (χ3v) is 2.81. The van der Waals surface area contributed by atoms with Crippen LogP contribution in [0.3, 0.4) is 0 Å². The van der Waals surface area contributed by atoms with E-state index in [1.54, 1.807) is 31.2 Å². The number of rotatable bonds is 6. The van der Waals surface area contributed by atoms with Crippen molar-refractivity contribution < 1.29 is 9.66 Å². The molecule has 6 heteroatoms. The molecule has 0 aliphatic heterocycles. The van der Waals surface area contributed by atoms with Gasteiger partial charge in [-0.05, 0) is 31.0 Å². The van der Waals surface area contributed by atoms with Gasteiger partial charge in [-0.3, -0.25) is 10.1 Å². The van der Waals surface area contributed by atoms with Gasteiger partial charge in [-0.1, -0.05) is 19.1 Å². The highest BCUT2D eigenvalue weighted by atomic mass is 16.6. The minimum Gasteiger partial charge on any atom is -0.432 e. The van der Waals surface area contributed by atoms with E-state index in [1.807, 2.05) is 6.07 Å². The molecule has 0 atom stereocenters. The number of aromatic nitrogens is 1. The maximum Gasteiger partial charge on any atom is 0.311 e. The molecule has 0 amide bonds. The molecular weight excluding hydrogens is 270 g/mol. The number of benzene rings is 1. The van der Waals surface area contributed by atoms with Crippen LogP contribution in [0.5, 0.6) is 11.6 Å². The van der Waals surface area contributed by atoms with Gasteiger partial charge in [0.1, 0.15) is 5.82 Å². The van der Waals surface area contributed by atoms with E-state index in [0.717, 1.165) is 18.5 Å². The van der Waals surface area contributed by atoms with Gasteiger partial charge in [-0.2, -0.15) is 4.98 Å². The van der Waals surface area contributed by atoms with Gasteiger partial charge in [0.05, 0.1) is 4.92 Å². The van der Waals surface area contributed by atoms with Crippen LogP contribution >= 0.6 is 0 Å². The Morgan fingerprint density at radius 2 is 2.14 bits per heavy atom. The molecule has 6 nitrogen and oxygen atoms in total. The summed E-state index contributed by atoms with van der Waals surface area (Å²) in [6.45, 7) is 4.66. The fourth-order valence-corrected chi connectivity index (χ4v) is 1.79. The maximum atomic E-state index is 11.1. The van der Waals surface area contributed by atoms with Gasteiger partial charge >= 0.3 is 5.69 Å². The number of nitrogens with one attached hydrogen (secondary N) is 1. The Morgan fingerprint density at radius 3 is 2.86 bits per heavy atom. The summed E-state index contributed by atoms with van der Waals surface area (Å²) in [6.07, 6.45) is 0.982. The number of nitro benzene ring substituents is 1. The van der Waals surface area contributed by atoms with Gasteiger partial charge in [0.2, 0.25) is 11.6 Å². The molecule has 0 spiro atoms. The summed E-state index contributed by atoms with van der Waals surface area (Å²) in [6, 6.07) is 10.1. The number of hydrogen-bond acceptors (Lipinski definition) is 5. The van der Waals surface area contributed by atoms with E-state index in [2.05, 4.69) is 17.2 Å². The molecule has 110 valence electrons. The van der Waals surface area contributed by atoms with E-state index in [1.165, 1.54) is 6.07 Å². The summed E-state index contributed by atoms with van der Waals surface area (Å²) >= 11 is 0. The molecule has 0 bridgehead atoms. The highest BCUT2D eigenvalue weighted by molar-refractivity contribution is 5.50. The molecule has 1 N–H and O–H groups in total. The van der Waals surface area contributed by atoms with Crippen LogP contribution in [0, 0.1) is 17.0 Å². The van der Waals surface area contributed by atoms with Crippen molar-refractivity contribution in [2.75, 3.05) is 11.9 Å². The first kappa shape index (κ1) is 14.8. The lowest BCUT2D eigenvalue weighted by atomic mass is 10.2. The van der Waals surface area contributed by atoms with Crippen LogP contribution in [-0.2, 0) is 0 Å². The Balaban J connectivity index is 2.24. The first-order valence-electron chi connectivity index (χ1n) is 6.74. The second-order valence-corrected chi connectivity index (χ2v) is 4.62. The lowest BCUT2D eigenvalue weighted by Crippen LogP contribution is -2.02. The number of hydrogen-bond donors (Lipinski definition) is 1. The molecule has 0 aliphatic carbocycles. The van der Waals surface area contributed by atoms with Crippen molar-refractivity contribution in [3.63, 3.8) is 0 Å². The molecule has 0 aliphatic rings. The van der Waals surface area contributed by atoms with Gasteiger partial charge in [0.25, 0.3) is 0 Å². The van der Waals surface area contributed by atoms with Crippen molar-refractivity contribution in [1.82, 2.24) is 4.98 Å². The molecule has 1 heterocycles. The monoisotopic (exact) mass is 287 g/mol. The molecule has 1 aromatic heterocycles. The molecule has 2 rings (SSSR count). The van der Waals surface area contributed by atoms with Gasteiger partial charge in [0.15, 0.2) is 0 Å². The van der Waals surface area contributed by atoms with Gasteiger partial charge in [-0.25, -0.2) is 0 Å². The predicted molar refractivity (Wildman–Crippen MR) is 80.9 cm³/mol. The van der Waals surface area contributed by atoms with E-state index in [4.69, 9.17) is 4.74 Å². The van der Waals surface area contributed by atoms with Crippen molar-refractivity contribution in [3.05, 3.63) is 52.1 Å². The largest absolute Gasteiger partial charge is 0.432 e. The highest BCUT2D eigenvalue weighted by Crippen LogP contribution is 2.31. The quantitative estimate of drug-likeness (QED) is 0.643. The third kappa shape index (κ3) is 3.92. The standard InChI is InChI=1S/C15H17N3O3/c1-3-9-16-14-5-4-6-15(17-14)21-13-8-7-11(2)10-12(13)18(19)20/h4-8,10H,3,9H2,1-2H3,(H,16,17). The second-order valence-electron chi connectivity index (χ2n) is 4.62. The van der Waals surface area contributed by atoms with E-state index in [9.17, 15) is 10.1 Å². The van der Waals surface area contributed by atoms with Crippen LogP contribution in [-0.4, -0.2) is 16.5 Å². The Labute approximate surface area is 122 Å². The third-order valence-electron chi connectivity index (χ3n) is 2.81. The SMILES string of the molecule is CCCNc1cccc(Oc2ccc(C)cc2[N+](=O)[O-])n1. The van der Waals surface area contributed by atoms with Crippen molar-refractivity contribution in [1.29, 1.82) is 0 Å². The second kappa shape index (κ2) is 6.69. The molecule has 0 radical (unpaired) electrons. The summed E-state index contributed by atoms with van der Waals surface area (Å²) in [5, 5.41) is 14.2. The summed E-state index contributed by atoms with van der Waals surface area (Å²) in [4.78, 5) is 14.9. The van der Waals surface area contributed by atoms with Crippen molar-refractivity contribution >= 4 is 11.5 Å². The topological polar surface area (TPSA) is 77.3 Å². The summed E-state index contributed by atoms with van der Waals surface area (Å²) in [5.74, 6) is 1.19. The van der Waals surface area contributed by atoms with Gasteiger partial charge in [0, 0.05) is 18.7 Å². The zero-order chi connectivity index (χ0) is 15.2. The Bertz CT molecular complexity index is 644. The molecule has 2 aromatic rings. The molecule has 0 fully saturated rings. The number of aryl methyl sites for hydroxylation is 1. The maximum absolute atomic E-state index is 11.1. The van der Waals surface area contributed by atoms with E-state index in [0.29, 0.717) is 11.7 Å². The Morgan fingerprint density at radius 1 is 1.33 bits per heavy atom. The summed E-state index contributed by atoms with van der Waals surface area (Å²) in [7, 11) is 0. The molecule has 0 saturated heterocycles. The number of nitrogens with zero attached hydrogens (tertiary/aromatic N) is 2. The van der Waals surface area contributed by atoms with Crippen LogP contribution in [0.15, 0.2) is 36.4 Å². The molecule has 0 saturated carbocycles. The van der Waals surface area contributed by atoms with Crippen molar-refractivity contribution in [2.45, 2.75) is 20.3 Å². The molecule has 0 unspecified atom stereocenters. The Kier molecular flexibility index (Phi) is 4.71. The van der Waals surface area contributed by atoms with Crippen LogP contribution in [0.25, 0.3) is 0 Å². The van der Waals surface area contributed by atoms with Gasteiger partial charge in [-0.15, -0.1) is 0 Å². The fourth-order valence-electron chi connectivity index (χ4n) is 1.79. The lowest BCUT2D eigenvalue weighted by molar-refractivity contribution is -0.385. The van der Waals surface area contributed by atoms with Crippen LogP contribution in [0.4, 0.5) is 11.5 Å². The van der Waals surface area contributed by atoms with Crippen LogP contribution in [0.2, 0.25) is 0 Å². The minimum absolute atomic E-state index is 0.0660. The Hall–Kier alpha value is -2.63. The summed E-state index contributed by atoms with van der Waals surface area (Å²) in [5.41, 5.74) is 0.740. The van der Waals surface area contributed by atoms with Crippen molar-refractivity contribution in [3.8, 4) is 11.6 Å². The number of nitro groups is 1. The lowest BCUT2D eigenvalue weighted by Gasteiger charge is -2.08. The molecular formula is C15H17N3O3. The number of ether oxygens (including phenoxy) is 1. The minimum atomic E-state index is -0.457. The molecule has 1 aromatic carbocycles. The number of anilines is 1. The van der Waals surface area contributed by atoms with E-state index >= 15 is 0 Å². The zero-order valence-corrected chi connectivity index (χ0v) is 12.0. The summed E-state index contributed by atoms with van der Waals surface area (Å²) < 4.78 is 5.55. The average Bonchev–Trinajstić information content (AvgIpc) is 2.47. The van der Waals surface area contributed by atoms with Crippen LogP contribution in [0.1, 0.15) is 18.9 Å². The van der Waals surface area contributed by atoms with Gasteiger partial charge < -0.3 is 10.1 Å². The average molecular weight is 287 g/mol. The van der Waals surface area contributed by atoms with Crippen molar-refractivity contribution in [2.24, 2.45) is 0 Å². The number of pyridine rings is 1. The first-order chi connectivity index (χ1) is 10.1. The van der Waals surface area contributed by atoms with Crippen LogP contribution < -0.4 is 10.1 Å². The highest BCUT2D eigenvalue weighted by Gasteiger charge is 2.16. The normalized spacial score (nSPS) is 10.2. The van der Waals surface area contributed by atoms with E-state index < -0.39 is 4.92 Å². The smallest absolute Gasteiger partial charge is 0.311 e. The predicted octanol–water partition coefficient (Wildman–Crippen LogP) is 3.91. The first-order valence-corrected chi connectivity index (χ1v) is 6.74. The fraction of sp³-hybridized carbons (Fsp3) is 0.267. The zero-order valence-electron chi connectivity index (χ0n) is 12.0. The molecule has 21 heavy (non-hydrogen) atoms.